The maximum absolute atomic E-state index is 12.2. The number of aliphatic hydroxyl groups excluding tert-OH is 1. The lowest BCUT2D eigenvalue weighted by Crippen LogP contribution is -2.16. The van der Waals surface area contributed by atoms with Crippen LogP contribution < -0.4 is 0 Å². The molecule has 1 N–H and O–H groups in total. The number of nitrogens with zero attached hydrogens (tertiary/aromatic N) is 3. The van der Waals surface area contributed by atoms with Gasteiger partial charge in [-0.15, -0.1) is 5.10 Å². The minimum Gasteiger partial charge on any atom is -0.386 e. The Balaban J connectivity index is 2.28. The molecule has 0 fully saturated rings. The molecule has 0 aliphatic heterocycles. The summed E-state index contributed by atoms with van der Waals surface area (Å²) in [6.07, 6.45) is -6.32. The smallest absolute Gasteiger partial charge is 0.386 e. The number of hydrogen-bond donors (Lipinski definition) is 1. The SMILES string of the molecule is OC(CC(F)(F)F)c1cnnn1-c1ccccc1. The van der Waals surface area contributed by atoms with E-state index in [0.717, 1.165) is 6.20 Å². The minimum atomic E-state index is -4.44. The monoisotopic (exact) mass is 257 g/mol. The first-order valence-corrected chi connectivity index (χ1v) is 5.18. The first-order chi connectivity index (χ1) is 8.47. The fraction of sp³-hybridized carbons (Fsp3) is 0.273. The molecule has 0 aliphatic carbocycles. The van der Waals surface area contributed by atoms with E-state index in [2.05, 4.69) is 10.3 Å². The van der Waals surface area contributed by atoms with Gasteiger partial charge in [-0.2, -0.15) is 13.2 Å². The zero-order chi connectivity index (χ0) is 13.2. The molecule has 0 spiro atoms. The van der Waals surface area contributed by atoms with Gasteiger partial charge in [0.25, 0.3) is 0 Å². The van der Waals surface area contributed by atoms with Gasteiger partial charge in [-0.1, -0.05) is 23.4 Å². The van der Waals surface area contributed by atoms with Crippen LogP contribution in [0.5, 0.6) is 0 Å². The van der Waals surface area contributed by atoms with Gasteiger partial charge in [0.2, 0.25) is 0 Å². The number of aliphatic hydroxyl groups is 1. The highest BCUT2D eigenvalue weighted by Crippen LogP contribution is 2.29. The van der Waals surface area contributed by atoms with Gasteiger partial charge in [0.05, 0.1) is 24.0 Å². The van der Waals surface area contributed by atoms with E-state index in [4.69, 9.17) is 0 Å². The number of para-hydroxylation sites is 1. The Morgan fingerprint density at radius 2 is 1.89 bits per heavy atom. The Bertz CT molecular complexity index is 510. The number of benzene rings is 1. The minimum absolute atomic E-state index is 0.0125. The topological polar surface area (TPSA) is 50.9 Å². The summed E-state index contributed by atoms with van der Waals surface area (Å²) in [6.45, 7) is 0. The normalized spacial score (nSPS) is 13.6. The Morgan fingerprint density at radius 1 is 1.22 bits per heavy atom. The molecule has 18 heavy (non-hydrogen) atoms. The third kappa shape index (κ3) is 2.86. The van der Waals surface area contributed by atoms with Crippen molar-refractivity contribution in [1.82, 2.24) is 15.0 Å². The molecule has 1 atom stereocenters. The molecule has 0 amide bonds. The average Bonchev–Trinajstić information content (AvgIpc) is 2.76. The molecule has 1 heterocycles. The summed E-state index contributed by atoms with van der Waals surface area (Å²) in [5.41, 5.74) is 0.560. The first kappa shape index (κ1) is 12.6. The molecule has 0 saturated heterocycles. The molecule has 1 aromatic heterocycles. The summed E-state index contributed by atoms with van der Waals surface area (Å²) >= 11 is 0. The van der Waals surface area contributed by atoms with Gasteiger partial charge in [-0.3, -0.25) is 0 Å². The number of hydrogen-bond acceptors (Lipinski definition) is 3. The fourth-order valence-electron chi connectivity index (χ4n) is 1.56. The molecule has 1 aromatic carbocycles. The van der Waals surface area contributed by atoms with Crippen LogP contribution in [-0.2, 0) is 0 Å². The van der Waals surface area contributed by atoms with Crippen molar-refractivity contribution in [3.63, 3.8) is 0 Å². The van der Waals surface area contributed by atoms with Crippen molar-refractivity contribution in [2.24, 2.45) is 0 Å². The third-order valence-electron chi connectivity index (χ3n) is 2.34. The van der Waals surface area contributed by atoms with Crippen molar-refractivity contribution in [2.45, 2.75) is 18.7 Å². The summed E-state index contributed by atoms with van der Waals surface area (Å²) in [5, 5.41) is 16.8. The van der Waals surface area contributed by atoms with Crippen molar-refractivity contribution in [3.05, 3.63) is 42.2 Å². The van der Waals surface area contributed by atoms with E-state index >= 15 is 0 Å². The molecule has 0 aliphatic rings. The molecule has 1 unspecified atom stereocenters. The molecule has 2 aromatic rings. The van der Waals surface area contributed by atoms with Gasteiger partial charge in [0.1, 0.15) is 6.10 Å². The lowest BCUT2D eigenvalue weighted by Gasteiger charge is -2.14. The van der Waals surface area contributed by atoms with Gasteiger partial charge in [-0.05, 0) is 12.1 Å². The second-order valence-corrected chi connectivity index (χ2v) is 3.74. The van der Waals surface area contributed by atoms with Crippen molar-refractivity contribution < 1.29 is 18.3 Å². The standard InChI is InChI=1S/C11H10F3N3O/c12-11(13,14)6-10(18)9-7-15-16-17(9)8-4-2-1-3-5-8/h1-5,7,10,18H,6H2. The zero-order valence-corrected chi connectivity index (χ0v) is 9.17. The molecule has 0 radical (unpaired) electrons. The van der Waals surface area contributed by atoms with E-state index in [1.165, 1.54) is 4.68 Å². The second kappa shape index (κ2) is 4.77. The lowest BCUT2D eigenvalue weighted by molar-refractivity contribution is -0.154. The quantitative estimate of drug-likeness (QED) is 0.917. The lowest BCUT2D eigenvalue weighted by atomic mass is 10.2. The van der Waals surface area contributed by atoms with Crippen LogP contribution in [0, 0.1) is 0 Å². The number of halogens is 3. The molecule has 96 valence electrons. The average molecular weight is 257 g/mol. The largest absolute Gasteiger partial charge is 0.391 e. The Morgan fingerprint density at radius 3 is 2.50 bits per heavy atom. The molecule has 4 nitrogen and oxygen atoms in total. The fourth-order valence-corrected chi connectivity index (χ4v) is 1.56. The van der Waals surface area contributed by atoms with E-state index in [1.807, 2.05) is 0 Å². The number of alkyl halides is 3. The highest BCUT2D eigenvalue weighted by Gasteiger charge is 2.33. The molecule has 0 saturated carbocycles. The van der Waals surface area contributed by atoms with Gasteiger partial charge in [0.15, 0.2) is 0 Å². The molecule has 2 rings (SSSR count). The second-order valence-electron chi connectivity index (χ2n) is 3.74. The maximum Gasteiger partial charge on any atom is 0.391 e. The van der Waals surface area contributed by atoms with E-state index < -0.39 is 18.7 Å². The third-order valence-corrected chi connectivity index (χ3v) is 2.34. The summed E-state index contributed by atoms with van der Waals surface area (Å²) in [4.78, 5) is 0. The predicted octanol–water partition coefficient (Wildman–Crippen LogP) is 2.25. The Hall–Kier alpha value is -1.89. The first-order valence-electron chi connectivity index (χ1n) is 5.18. The summed E-state index contributed by atoms with van der Waals surface area (Å²) in [6, 6.07) is 8.54. The van der Waals surface area contributed by atoms with E-state index in [1.54, 1.807) is 30.3 Å². The maximum atomic E-state index is 12.2. The zero-order valence-electron chi connectivity index (χ0n) is 9.17. The number of aromatic nitrogens is 3. The summed E-state index contributed by atoms with van der Waals surface area (Å²) in [7, 11) is 0. The summed E-state index contributed by atoms with van der Waals surface area (Å²) in [5.74, 6) is 0. The molecule has 0 bridgehead atoms. The van der Waals surface area contributed by atoms with E-state index in [9.17, 15) is 18.3 Å². The van der Waals surface area contributed by atoms with Gasteiger partial charge >= 0.3 is 6.18 Å². The van der Waals surface area contributed by atoms with E-state index in [-0.39, 0.29) is 5.69 Å². The van der Waals surface area contributed by atoms with Gasteiger partial charge < -0.3 is 5.11 Å². The van der Waals surface area contributed by atoms with Crippen LogP contribution >= 0.6 is 0 Å². The van der Waals surface area contributed by atoms with Crippen LogP contribution in [0.25, 0.3) is 5.69 Å². The van der Waals surface area contributed by atoms with Crippen LogP contribution in [0.1, 0.15) is 18.2 Å². The van der Waals surface area contributed by atoms with Crippen molar-refractivity contribution in [3.8, 4) is 5.69 Å². The summed E-state index contributed by atoms with van der Waals surface area (Å²) < 4.78 is 37.9. The Labute approximate surface area is 101 Å². The highest BCUT2D eigenvalue weighted by atomic mass is 19.4. The van der Waals surface area contributed by atoms with Gasteiger partial charge in [-0.25, -0.2) is 4.68 Å². The van der Waals surface area contributed by atoms with Gasteiger partial charge in [0, 0.05) is 0 Å². The van der Waals surface area contributed by atoms with Crippen molar-refractivity contribution >= 4 is 0 Å². The Kier molecular flexibility index (Phi) is 3.33. The highest BCUT2D eigenvalue weighted by molar-refractivity contribution is 5.31. The van der Waals surface area contributed by atoms with Crippen LogP contribution in [0.3, 0.4) is 0 Å². The number of rotatable bonds is 3. The van der Waals surface area contributed by atoms with Crippen LogP contribution in [0.2, 0.25) is 0 Å². The van der Waals surface area contributed by atoms with E-state index in [0.29, 0.717) is 5.69 Å². The molecular weight excluding hydrogens is 247 g/mol. The van der Waals surface area contributed by atoms with Crippen LogP contribution in [-0.4, -0.2) is 26.3 Å². The predicted molar refractivity (Wildman–Crippen MR) is 57.0 cm³/mol. The van der Waals surface area contributed by atoms with Crippen molar-refractivity contribution in [1.29, 1.82) is 0 Å². The van der Waals surface area contributed by atoms with Crippen molar-refractivity contribution in [2.75, 3.05) is 0 Å². The van der Waals surface area contributed by atoms with Crippen LogP contribution in [0.15, 0.2) is 36.5 Å². The molecule has 7 heteroatoms. The molecular formula is C11H10F3N3O. The van der Waals surface area contributed by atoms with Crippen LogP contribution in [0.4, 0.5) is 13.2 Å².